The number of para-hydroxylation sites is 2. The minimum atomic E-state index is -0.133. The molecular weight excluding hydrogens is 318 g/mol. The van der Waals surface area contributed by atoms with Crippen molar-refractivity contribution in [3.05, 3.63) is 53.7 Å². The summed E-state index contributed by atoms with van der Waals surface area (Å²) in [5.74, 6) is 1.83. The number of carbonyl (C=O) groups is 1. The number of nitrogens with one attached hydrogen (secondary N) is 1. The molecule has 0 atom stereocenters. The summed E-state index contributed by atoms with van der Waals surface area (Å²) in [7, 11) is 0. The average molecular weight is 339 g/mol. The van der Waals surface area contributed by atoms with Crippen LogP contribution in [0.15, 0.2) is 40.8 Å². The predicted octanol–water partition coefficient (Wildman–Crippen LogP) is 2.35. The highest BCUT2D eigenvalue weighted by molar-refractivity contribution is 5.98. The van der Waals surface area contributed by atoms with Crippen LogP contribution in [-0.4, -0.2) is 33.5 Å². The van der Waals surface area contributed by atoms with Crippen molar-refractivity contribution in [1.82, 2.24) is 14.9 Å². The van der Waals surface area contributed by atoms with Gasteiger partial charge in [-0.3, -0.25) is 4.79 Å². The van der Waals surface area contributed by atoms with Crippen LogP contribution in [0.4, 0.5) is 0 Å². The second-order valence-electron chi connectivity index (χ2n) is 6.42. The number of nitrogens with zero attached hydrogens (tertiary/aromatic N) is 2. The van der Waals surface area contributed by atoms with Crippen LogP contribution in [0.1, 0.15) is 35.0 Å². The van der Waals surface area contributed by atoms with Crippen molar-refractivity contribution in [3.8, 4) is 0 Å². The van der Waals surface area contributed by atoms with E-state index in [-0.39, 0.29) is 18.3 Å². The van der Waals surface area contributed by atoms with Crippen molar-refractivity contribution in [2.45, 2.75) is 26.0 Å². The number of benzene rings is 1. The number of rotatable bonds is 5. The maximum atomic E-state index is 13.1. The molecule has 25 heavy (non-hydrogen) atoms. The number of carbonyl (C=O) groups excluding carboxylic acids is 1. The number of furan rings is 1. The molecule has 2 N–H and O–H groups in total. The summed E-state index contributed by atoms with van der Waals surface area (Å²) in [5, 5.41) is 12.5. The van der Waals surface area contributed by atoms with Gasteiger partial charge < -0.3 is 19.4 Å². The average Bonchev–Trinajstić information content (AvgIpc) is 3.27. The molecule has 0 unspecified atom stereocenters. The molecule has 130 valence electrons. The topological polar surface area (TPSA) is 80.3 Å². The van der Waals surface area contributed by atoms with Gasteiger partial charge in [0.1, 0.15) is 18.1 Å². The molecule has 6 nitrogen and oxygen atoms in total. The van der Waals surface area contributed by atoms with Crippen LogP contribution < -0.4 is 5.32 Å². The standard InChI is InChI=1S/C19H21N3O3/c23-12-15-6-5-14(25-15)11-22-17-4-2-1-3-16(17)21-19(22)18(24)13-7-9-20-10-8-13/h1-6,13,20,23H,7-12H2. The molecule has 6 heteroatoms. The van der Waals surface area contributed by atoms with Gasteiger partial charge in [-0.05, 0) is 50.2 Å². The number of imidazole rings is 1. The lowest BCUT2D eigenvalue weighted by atomic mass is 9.93. The molecular formula is C19H21N3O3. The summed E-state index contributed by atoms with van der Waals surface area (Å²) in [6.45, 7) is 2.03. The first kappa shape index (κ1) is 16.1. The molecule has 1 saturated heterocycles. The molecule has 0 radical (unpaired) electrons. The second kappa shape index (κ2) is 6.82. The Hall–Kier alpha value is -2.44. The number of aliphatic hydroxyl groups is 1. The first-order valence-corrected chi connectivity index (χ1v) is 8.65. The lowest BCUT2D eigenvalue weighted by Gasteiger charge is -2.21. The fourth-order valence-corrected chi connectivity index (χ4v) is 3.44. The van der Waals surface area contributed by atoms with E-state index in [9.17, 15) is 9.90 Å². The van der Waals surface area contributed by atoms with Crippen molar-refractivity contribution >= 4 is 16.8 Å². The van der Waals surface area contributed by atoms with E-state index in [0.29, 0.717) is 23.9 Å². The molecule has 3 heterocycles. The van der Waals surface area contributed by atoms with E-state index < -0.39 is 0 Å². The van der Waals surface area contributed by atoms with Crippen molar-refractivity contribution in [1.29, 1.82) is 0 Å². The van der Waals surface area contributed by atoms with Gasteiger partial charge in [0, 0.05) is 5.92 Å². The predicted molar refractivity (Wildman–Crippen MR) is 93.4 cm³/mol. The summed E-state index contributed by atoms with van der Waals surface area (Å²) in [4.78, 5) is 17.7. The van der Waals surface area contributed by atoms with Crippen LogP contribution in [0, 0.1) is 5.92 Å². The Kier molecular flexibility index (Phi) is 4.38. The third-order valence-electron chi connectivity index (χ3n) is 4.77. The number of piperidine rings is 1. The Labute approximate surface area is 145 Å². The zero-order valence-electron chi connectivity index (χ0n) is 13.9. The van der Waals surface area contributed by atoms with E-state index in [0.717, 1.165) is 37.0 Å². The highest BCUT2D eigenvalue weighted by atomic mass is 16.4. The molecule has 1 aliphatic rings. The Bertz CT molecular complexity index is 890. The van der Waals surface area contributed by atoms with Crippen molar-refractivity contribution in [2.75, 3.05) is 13.1 Å². The fourth-order valence-electron chi connectivity index (χ4n) is 3.44. The van der Waals surface area contributed by atoms with E-state index >= 15 is 0 Å². The Balaban J connectivity index is 1.73. The smallest absolute Gasteiger partial charge is 0.201 e. The summed E-state index contributed by atoms with van der Waals surface area (Å²) >= 11 is 0. The van der Waals surface area contributed by atoms with Gasteiger partial charge in [0.2, 0.25) is 5.78 Å². The highest BCUT2D eigenvalue weighted by Gasteiger charge is 2.27. The van der Waals surface area contributed by atoms with Crippen molar-refractivity contribution in [3.63, 3.8) is 0 Å². The van der Waals surface area contributed by atoms with Crippen molar-refractivity contribution in [2.24, 2.45) is 5.92 Å². The number of Topliss-reactive ketones (excluding diaryl/α,β-unsaturated/α-hetero) is 1. The monoisotopic (exact) mass is 339 g/mol. The van der Waals surface area contributed by atoms with Gasteiger partial charge in [-0.25, -0.2) is 4.98 Å². The van der Waals surface area contributed by atoms with Crippen LogP contribution in [-0.2, 0) is 13.2 Å². The number of aromatic nitrogens is 2. The van der Waals surface area contributed by atoms with Gasteiger partial charge in [0.25, 0.3) is 0 Å². The normalized spacial score (nSPS) is 15.7. The van der Waals surface area contributed by atoms with E-state index in [1.165, 1.54) is 0 Å². The number of fused-ring (bicyclic) bond motifs is 1. The van der Waals surface area contributed by atoms with E-state index in [2.05, 4.69) is 10.3 Å². The first-order valence-electron chi connectivity index (χ1n) is 8.65. The van der Waals surface area contributed by atoms with Gasteiger partial charge in [-0.2, -0.15) is 0 Å². The van der Waals surface area contributed by atoms with Crippen LogP contribution >= 0.6 is 0 Å². The first-order chi connectivity index (χ1) is 12.3. The Morgan fingerprint density at radius 3 is 2.72 bits per heavy atom. The van der Waals surface area contributed by atoms with Crippen LogP contribution in [0.2, 0.25) is 0 Å². The summed E-state index contributed by atoms with van der Waals surface area (Å²) in [6.07, 6.45) is 1.69. The second-order valence-corrected chi connectivity index (χ2v) is 6.42. The summed E-state index contributed by atoms with van der Waals surface area (Å²) < 4.78 is 7.55. The molecule has 0 amide bonds. The molecule has 3 aromatic rings. The number of aliphatic hydroxyl groups excluding tert-OH is 1. The molecule has 0 spiro atoms. The van der Waals surface area contributed by atoms with E-state index in [1.54, 1.807) is 6.07 Å². The summed E-state index contributed by atoms with van der Waals surface area (Å²) in [5.41, 5.74) is 1.73. The molecule has 0 saturated carbocycles. The zero-order valence-corrected chi connectivity index (χ0v) is 13.9. The van der Waals surface area contributed by atoms with Gasteiger partial charge in [0.15, 0.2) is 5.82 Å². The SMILES string of the molecule is O=C(c1nc2ccccc2n1Cc1ccc(CO)o1)C1CCNCC1. The fraction of sp³-hybridized carbons (Fsp3) is 0.368. The Morgan fingerprint density at radius 2 is 1.96 bits per heavy atom. The molecule has 0 bridgehead atoms. The lowest BCUT2D eigenvalue weighted by Crippen LogP contribution is -2.33. The maximum absolute atomic E-state index is 13.1. The van der Waals surface area contributed by atoms with Gasteiger partial charge in [-0.1, -0.05) is 12.1 Å². The molecule has 1 fully saturated rings. The van der Waals surface area contributed by atoms with Gasteiger partial charge >= 0.3 is 0 Å². The highest BCUT2D eigenvalue weighted by Crippen LogP contribution is 2.24. The number of ketones is 1. The maximum Gasteiger partial charge on any atom is 0.201 e. The molecule has 1 aliphatic heterocycles. The quantitative estimate of drug-likeness (QED) is 0.698. The van der Waals surface area contributed by atoms with Gasteiger partial charge in [-0.15, -0.1) is 0 Å². The molecule has 0 aliphatic carbocycles. The zero-order chi connectivity index (χ0) is 17.2. The minimum absolute atomic E-state index is 0.0152. The van der Waals surface area contributed by atoms with Crippen LogP contribution in [0.25, 0.3) is 11.0 Å². The van der Waals surface area contributed by atoms with Crippen LogP contribution in [0.5, 0.6) is 0 Å². The lowest BCUT2D eigenvalue weighted by molar-refractivity contribution is 0.0880. The minimum Gasteiger partial charge on any atom is -0.462 e. The van der Waals surface area contributed by atoms with E-state index in [1.807, 2.05) is 34.9 Å². The number of hydrogen-bond acceptors (Lipinski definition) is 5. The Morgan fingerprint density at radius 1 is 1.20 bits per heavy atom. The van der Waals surface area contributed by atoms with Crippen molar-refractivity contribution < 1.29 is 14.3 Å². The largest absolute Gasteiger partial charge is 0.462 e. The third kappa shape index (κ3) is 3.10. The molecule has 2 aromatic heterocycles. The molecule has 4 rings (SSSR count). The van der Waals surface area contributed by atoms with E-state index in [4.69, 9.17) is 4.42 Å². The van der Waals surface area contributed by atoms with Crippen LogP contribution in [0.3, 0.4) is 0 Å². The third-order valence-corrected chi connectivity index (χ3v) is 4.77. The summed E-state index contributed by atoms with van der Waals surface area (Å²) in [6, 6.07) is 11.3. The number of hydrogen-bond donors (Lipinski definition) is 2. The molecule has 1 aromatic carbocycles. The van der Waals surface area contributed by atoms with Gasteiger partial charge in [0.05, 0.1) is 17.6 Å².